The largest absolute Gasteiger partial charge is 0.469 e. The molecular weight excluding hydrogens is 310 g/mol. The first-order valence-corrected chi connectivity index (χ1v) is 7.77. The van der Waals surface area contributed by atoms with Crippen molar-refractivity contribution in [2.45, 2.75) is 33.2 Å². The third-order valence-electron chi connectivity index (χ3n) is 2.92. The summed E-state index contributed by atoms with van der Waals surface area (Å²) in [6, 6.07) is 4.54. The molecule has 2 aromatic heterocycles. The smallest absolute Gasteiger partial charge is 0.101 e. The van der Waals surface area contributed by atoms with Gasteiger partial charge in [0.1, 0.15) is 5.76 Å². The van der Waals surface area contributed by atoms with Crippen molar-refractivity contribution >= 4 is 27.3 Å². The molecule has 1 N–H and O–H groups in total. The number of halogens is 1. The molecule has 0 amide bonds. The van der Waals surface area contributed by atoms with Gasteiger partial charge >= 0.3 is 0 Å². The molecule has 0 bridgehead atoms. The first-order valence-electron chi connectivity index (χ1n) is 6.16. The highest BCUT2D eigenvalue weighted by Crippen LogP contribution is 2.34. The highest BCUT2D eigenvalue weighted by atomic mass is 79.9. The Hall–Kier alpha value is -0.580. The van der Waals surface area contributed by atoms with Crippen molar-refractivity contribution in [2.24, 2.45) is 0 Å². The summed E-state index contributed by atoms with van der Waals surface area (Å²) in [5, 5.41) is 3.60. The standard InChI is InChI=1S/C14H18BrNOS/c1-4-5-16-14(11-6-9(2)17-8-11)12-7-13(15)18-10(12)3/h6-8,14,16H,4-5H2,1-3H3. The van der Waals surface area contributed by atoms with Crippen LogP contribution in [0.25, 0.3) is 0 Å². The normalized spacial score (nSPS) is 12.9. The molecule has 2 nitrogen and oxygen atoms in total. The van der Waals surface area contributed by atoms with E-state index >= 15 is 0 Å². The second-order valence-corrected chi connectivity index (χ2v) is 7.08. The molecule has 0 radical (unpaired) electrons. The maximum atomic E-state index is 5.45. The van der Waals surface area contributed by atoms with Crippen molar-refractivity contribution < 1.29 is 4.42 Å². The van der Waals surface area contributed by atoms with Crippen molar-refractivity contribution in [2.75, 3.05) is 6.54 Å². The Bertz CT molecular complexity index is 518. The zero-order valence-electron chi connectivity index (χ0n) is 10.9. The van der Waals surface area contributed by atoms with Crippen molar-refractivity contribution in [1.29, 1.82) is 0 Å². The Morgan fingerprint density at radius 3 is 2.67 bits per heavy atom. The van der Waals surface area contributed by atoms with Gasteiger partial charge in [-0.05, 0) is 60.4 Å². The maximum Gasteiger partial charge on any atom is 0.101 e. The lowest BCUT2D eigenvalue weighted by molar-refractivity contribution is 0.523. The SMILES string of the molecule is CCCNC(c1coc(C)c1)c1cc(Br)sc1C. The zero-order chi connectivity index (χ0) is 13.1. The van der Waals surface area contributed by atoms with Gasteiger partial charge < -0.3 is 9.73 Å². The summed E-state index contributed by atoms with van der Waals surface area (Å²) in [6.45, 7) is 7.33. The van der Waals surface area contributed by atoms with Crippen LogP contribution in [0.1, 0.15) is 41.2 Å². The monoisotopic (exact) mass is 327 g/mol. The number of furan rings is 1. The van der Waals surface area contributed by atoms with Gasteiger partial charge in [0.2, 0.25) is 0 Å². The number of hydrogen-bond donors (Lipinski definition) is 1. The maximum absolute atomic E-state index is 5.45. The van der Waals surface area contributed by atoms with E-state index in [4.69, 9.17) is 4.42 Å². The Labute approximate surface area is 121 Å². The van der Waals surface area contributed by atoms with Gasteiger partial charge in [0.25, 0.3) is 0 Å². The lowest BCUT2D eigenvalue weighted by Gasteiger charge is -2.17. The first-order chi connectivity index (χ1) is 8.61. The third kappa shape index (κ3) is 3.05. The summed E-state index contributed by atoms with van der Waals surface area (Å²) in [6.07, 6.45) is 2.98. The molecule has 0 fully saturated rings. The molecule has 0 aliphatic heterocycles. The van der Waals surface area contributed by atoms with E-state index in [1.54, 1.807) is 11.3 Å². The van der Waals surface area contributed by atoms with Crippen LogP contribution in [0.15, 0.2) is 26.6 Å². The molecule has 0 saturated carbocycles. The van der Waals surface area contributed by atoms with Crippen LogP contribution in [-0.2, 0) is 0 Å². The van der Waals surface area contributed by atoms with Gasteiger partial charge in [-0.1, -0.05) is 6.92 Å². The average Bonchev–Trinajstić information content (AvgIpc) is 2.87. The van der Waals surface area contributed by atoms with E-state index in [0.29, 0.717) is 0 Å². The van der Waals surface area contributed by atoms with Crippen LogP contribution >= 0.6 is 27.3 Å². The highest BCUT2D eigenvalue weighted by Gasteiger charge is 2.19. The Balaban J connectivity index is 2.33. The molecule has 2 rings (SSSR count). The molecule has 1 atom stereocenters. The van der Waals surface area contributed by atoms with Crippen LogP contribution in [0.4, 0.5) is 0 Å². The second-order valence-electron chi connectivity index (χ2n) is 4.44. The molecule has 0 aliphatic carbocycles. The summed E-state index contributed by atoms with van der Waals surface area (Å²) in [7, 11) is 0. The fourth-order valence-electron chi connectivity index (χ4n) is 2.06. The van der Waals surface area contributed by atoms with E-state index in [2.05, 4.69) is 47.2 Å². The first kappa shape index (κ1) is 13.8. The predicted octanol–water partition coefficient (Wildman–Crippen LogP) is 4.81. The molecule has 0 saturated heterocycles. The quantitative estimate of drug-likeness (QED) is 0.852. The Morgan fingerprint density at radius 1 is 1.39 bits per heavy atom. The van der Waals surface area contributed by atoms with Gasteiger partial charge in [0.15, 0.2) is 0 Å². The zero-order valence-corrected chi connectivity index (χ0v) is 13.3. The fourth-order valence-corrected chi connectivity index (χ4v) is 3.80. The van der Waals surface area contributed by atoms with Crippen LogP contribution in [0.3, 0.4) is 0 Å². The third-order valence-corrected chi connectivity index (χ3v) is 4.49. The van der Waals surface area contributed by atoms with E-state index in [0.717, 1.165) is 18.7 Å². The average molecular weight is 328 g/mol. The lowest BCUT2D eigenvalue weighted by Crippen LogP contribution is -2.22. The van der Waals surface area contributed by atoms with Gasteiger partial charge in [-0.25, -0.2) is 0 Å². The Kier molecular flexibility index (Phi) is 4.65. The van der Waals surface area contributed by atoms with Crippen LogP contribution in [0.5, 0.6) is 0 Å². The van der Waals surface area contributed by atoms with E-state index in [1.807, 2.05) is 13.2 Å². The van der Waals surface area contributed by atoms with Crippen LogP contribution in [0.2, 0.25) is 0 Å². The van der Waals surface area contributed by atoms with Crippen molar-refractivity contribution in [1.82, 2.24) is 5.32 Å². The topological polar surface area (TPSA) is 25.2 Å². The molecular formula is C14H18BrNOS. The number of thiophene rings is 1. The van der Waals surface area contributed by atoms with Gasteiger partial charge in [-0.2, -0.15) is 0 Å². The van der Waals surface area contributed by atoms with E-state index in [9.17, 15) is 0 Å². The summed E-state index contributed by atoms with van der Waals surface area (Å²) >= 11 is 5.34. The minimum atomic E-state index is 0.227. The molecule has 98 valence electrons. The van der Waals surface area contributed by atoms with Gasteiger partial charge in [0, 0.05) is 10.4 Å². The van der Waals surface area contributed by atoms with Gasteiger partial charge in [-0.3, -0.25) is 0 Å². The summed E-state index contributed by atoms with van der Waals surface area (Å²) in [4.78, 5) is 1.34. The second kappa shape index (κ2) is 6.04. The minimum Gasteiger partial charge on any atom is -0.469 e. The van der Waals surface area contributed by atoms with Crippen LogP contribution in [0, 0.1) is 13.8 Å². The highest BCUT2D eigenvalue weighted by molar-refractivity contribution is 9.11. The van der Waals surface area contributed by atoms with E-state index in [-0.39, 0.29) is 6.04 Å². The number of nitrogens with one attached hydrogen (secondary N) is 1. The molecule has 1 unspecified atom stereocenters. The molecule has 0 aromatic carbocycles. The number of rotatable bonds is 5. The summed E-state index contributed by atoms with van der Waals surface area (Å²) < 4.78 is 6.62. The lowest BCUT2D eigenvalue weighted by atomic mass is 10.0. The van der Waals surface area contributed by atoms with E-state index < -0.39 is 0 Å². The van der Waals surface area contributed by atoms with E-state index in [1.165, 1.54) is 19.8 Å². The van der Waals surface area contributed by atoms with Gasteiger partial charge in [0.05, 0.1) is 16.1 Å². The molecule has 0 aliphatic rings. The van der Waals surface area contributed by atoms with Crippen LogP contribution in [-0.4, -0.2) is 6.54 Å². The number of hydrogen-bond acceptors (Lipinski definition) is 3. The molecule has 0 spiro atoms. The molecule has 4 heteroatoms. The molecule has 2 aromatic rings. The van der Waals surface area contributed by atoms with Crippen molar-refractivity contribution in [3.63, 3.8) is 0 Å². The minimum absolute atomic E-state index is 0.227. The molecule has 18 heavy (non-hydrogen) atoms. The number of aryl methyl sites for hydroxylation is 2. The van der Waals surface area contributed by atoms with Gasteiger partial charge in [-0.15, -0.1) is 11.3 Å². The Morgan fingerprint density at radius 2 is 2.17 bits per heavy atom. The summed E-state index contributed by atoms with van der Waals surface area (Å²) in [5.74, 6) is 0.959. The summed E-state index contributed by atoms with van der Waals surface area (Å²) in [5.41, 5.74) is 2.54. The van der Waals surface area contributed by atoms with Crippen molar-refractivity contribution in [3.05, 3.63) is 43.9 Å². The fraction of sp³-hybridized carbons (Fsp3) is 0.429. The molecule has 2 heterocycles. The van der Waals surface area contributed by atoms with Crippen molar-refractivity contribution in [3.8, 4) is 0 Å². The van der Waals surface area contributed by atoms with Crippen LogP contribution < -0.4 is 5.32 Å². The predicted molar refractivity (Wildman–Crippen MR) is 80.3 cm³/mol.